The topological polar surface area (TPSA) is 37.4 Å². The Balaban J connectivity index is 2.34. The maximum Gasteiger partial charge on any atom is 0.254 e. The van der Waals surface area contributed by atoms with Gasteiger partial charge in [-0.3, -0.25) is 9.59 Å². The second-order valence-corrected chi connectivity index (χ2v) is 4.69. The van der Waals surface area contributed by atoms with Gasteiger partial charge in [-0.25, -0.2) is 0 Å². The summed E-state index contributed by atoms with van der Waals surface area (Å²) < 4.78 is 0. The SMILES string of the molecule is CC(=O)CN1CCCc2ccc(C)cc2C1=O. The third-order valence-electron chi connectivity index (χ3n) is 3.07. The van der Waals surface area contributed by atoms with Crippen LogP contribution in [0, 0.1) is 6.92 Å². The number of rotatable bonds is 2. The Morgan fingerprint density at radius 3 is 2.88 bits per heavy atom. The van der Waals surface area contributed by atoms with Gasteiger partial charge in [0.05, 0.1) is 6.54 Å². The standard InChI is InChI=1S/C14H17NO2/c1-10-5-6-12-4-3-7-15(9-11(2)16)14(17)13(12)8-10/h5-6,8H,3-4,7,9H2,1-2H3. The number of fused-ring (bicyclic) bond motifs is 1. The molecular weight excluding hydrogens is 214 g/mol. The first-order valence-electron chi connectivity index (χ1n) is 5.96. The molecular formula is C14H17NO2. The van der Waals surface area contributed by atoms with E-state index in [1.165, 1.54) is 6.92 Å². The van der Waals surface area contributed by atoms with Gasteiger partial charge in [-0.15, -0.1) is 0 Å². The smallest absolute Gasteiger partial charge is 0.254 e. The molecule has 1 amide bonds. The highest BCUT2D eigenvalue weighted by molar-refractivity contribution is 5.98. The van der Waals surface area contributed by atoms with E-state index in [1.807, 2.05) is 25.1 Å². The fourth-order valence-electron chi connectivity index (χ4n) is 2.26. The number of carbonyl (C=O) groups excluding carboxylic acids is 2. The van der Waals surface area contributed by atoms with Crippen molar-refractivity contribution in [2.24, 2.45) is 0 Å². The maximum atomic E-state index is 12.3. The normalized spacial score (nSPS) is 15.4. The van der Waals surface area contributed by atoms with E-state index in [-0.39, 0.29) is 18.2 Å². The number of hydrogen-bond donors (Lipinski definition) is 0. The van der Waals surface area contributed by atoms with Crippen LogP contribution in [-0.4, -0.2) is 29.7 Å². The number of nitrogens with zero attached hydrogens (tertiary/aromatic N) is 1. The van der Waals surface area contributed by atoms with Crippen molar-refractivity contribution in [2.45, 2.75) is 26.7 Å². The molecule has 0 spiro atoms. The van der Waals surface area contributed by atoms with Gasteiger partial charge in [0.1, 0.15) is 5.78 Å². The minimum Gasteiger partial charge on any atom is -0.331 e. The third-order valence-corrected chi connectivity index (χ3v) is 3.07. The molecule has 17 heavy (non-hydrogen) atoms. The Morgan fingerprint density at radius 1 is 1.41 bits per heavy atom. The Morgan fingerprint density at radius 2 is 2.18 bits per heavy atom. The zero-order chi connectivity index (χ0) is 12.4. The fraction of sp³-hybridized carbons (Fsp3) is 0.429. The van der Waals surface area contributed by atoms with Crippen molar-refractivity contribution in [3.8, 4) is 0 Å². The van der Waals surface area contributed by atoms with Crippen LogP contribution in [0.4, 0.5) is 0 Å². The highest BCUT2D eigenvalue weighted by Gasteiger charge is 2.22. The van der Waals surface area contributed by atoms with Gasteiger partial charge in [0.2, 0.25) is 0 Å². The van der Waals surface area contributed by atoms with Crippen LogP contribution < -0.4 is 0 Å². The van der Waals surface area contributed by atoms with Crippen molar-refractivity contribution in [1.29, 1.82) is 0 Å². The van der Waals surface area contributed by atoms with Crippen molar-refractivity contribution in [3.63, 3.8) is 0 Å². The third kappa shape index (κ3) is 2.54. The minimum atomic E-state index is -0.00333. The second kappa shape index (κ2) is 4.70. The number of aryl methyl sites for hydroxylation is 2. The van der Waals surface area contributed by atoms with Crippen LogP contribution in [0.2, 0.25) is 0 Å². The first-order chi connectivity index (χ1) is 8.08. The average Bonchev–Trinajstić information content (AvgIpc) is 2.40. The molecule has 0 atom stereocenters. The molecule has 1 aliphatic rings. The monoisotopic (exact) mass is 231 g/mol. The highest BCUT2D eigenvalue weighted by atomic mass is 16.2. The van der Waals surface area contributed by atoms with Gasteiger partial charge in [0.25, 0.3) is 5.91 Å². The maximum absolute atomic E-state index is 12.3. The Hall–Kier alpha value is -1.64. The van der Waals surface area contributed by atoms with Crippen LogP contribution in [0.25, 0.3) is 0 Å². The molecule has 90 valence electrons. The fourth-order valence-corrected chi connectivity index (χ4v) is 2.26. The highest BCUT2D eigenvalue weighted by Crippen LogP contribution is 2.19. The number of carbonyl (C=O) groups is 2. The molecule has 0 aromatic heterocycles. The number of benzene rings is 1. The minimum absolute atomic E-state index is 0.00333. The van der Waals surface area contributed by atoms with Gasteiger partial charge in [-0.1, -0.05) is 17.7 Å². The average molecular weight is 231 g/mol. The molecule has 0 unspecified atom stereocenters. The van der Waals surface area contributed by atoms with E-state index in [9.17, 15) is 9.59 Å². The van der Waals surface area contributed by atoms with E-state index >= 15 is 0 Å². The van der Waals surface area contributed by atoms with E-state index in [4.69, 9.17) is 0 Å². The molecule has 1 aromatic carbocycles. The van der Waals surface area contributed by atoms with Crippen LogP contribution >= 0.6 is 0 Å². The zero-order valence-electron chi connectivity index (χ0n) is 10.3. The molecule has 3 heteroatoms. The molecule has 0 saturated heterocycles. The van der Waals surface area contributed by atoms with Gasteiger partial charge in [-0.2, -0.15) is 0 Å². The first-order valence-corrected chi connectivity index (χ1v) is 5.96. The van der Waals surface area contributed by atoms with Crippen LogP contribution in [-0.2, 0) is 11.2 Å². The summed E-state index contributed by atoms with van der Waals surface area (Å²) in [7, 11) is 0. The van der Waals surface area contributed by atoms with Gasteiger partial charge in [0.15, 0.2) is 0 Å². The summed E-state index contributed by atoms with van der Waals surface area (Å²) in [5, 5.41) is 0. The molecule has 0 saturated carbocycles. The van der Waals surface area contributed by atoms with E-state index in [2.05, 4.69) is 0 Å². The van der Waals surface area contributed by atoms with Crippen molar-refractivity contribution in [3.05, 3.63) is 34.9 Å². The molecule has 0 radical (unpaired) electrons. The van der Waals surface area contributed by atoms with Gasteiger partial charge < -0.3 is 4.90 Å². The quantitative estimate of drug-likeness (QED) is 0.780. The van der Waals surface area contributed by atoms with Crippen LogP contribution in [0.5, 0.6) is 0 Å². The largest absolute Gasteiger partial charge is 0.331 e. The lowest BCUT2D eigenvalue weighted by molar-refractivity contribution is -0.117. The van der Waals surface area contributed by atoms with Crippen molar-refractivity contribution < 1.29 is 9.59 Å². The summed E-state index contributed by atoms with van der Waals surface area (Å²) in [5.41, 5.74) is 2.96. The second-order valence-electron chi connectivity index (χ2n) is 4.69. The number of hydrogen-bond acceptors (Lipinski definition) is 2. The van der Waals surface area contributed by atoms with Crippen molar-refractivity contribution in [1.82, 2.24) is 4.90 Å². The van der Waals surface area contributed by atoms with Gasteiger partial charge in [0, 0.05) is 12.1 Å². The first kappa shape index (κ1) is 11.8. The molecule has 1 aliphatic heterocycles. The Labute approximate surface area is 101 Å². The molecule has 0 N–H and O–H groups in total. The predicted molar refractivity (Wildman–Crippen MR) is 66.1 cm³/mol. The molecule has 1 heterocycles. The lowest BCUT2D eigenvalue weighted by atomic mass is 10.0. The molecule has 0 bridgehead atoms. The van der Waals surface area contributed by atoms with Gasteiger partial charge in [-0.05, 0) is 38.3 Å². The number of Topliss-reactive ketones (excluding diaryl/α,β-unsaturated/α-hetero) is 1. The van der Waals surface area contributed by atoms with Crippen LogP contribution in [0.1, 0.15) is 34.8 Å². The molecule has 0 fully saturated rings. The zero-order valence-corrected chi connectivity index (χ0v) is 10.3. The van der Waals surface area contributed by atoms with Crippen LogP contribution in [0.15, 0.2) is 18.2 Å². The van der Waals surface area contributed by atoms with E-state index < -0.39 is 0 Å². The lowest BCUT2D eigenvalue weighted by Gasteiger charge is -2.19. The Bertz CT molecular complexity index is 465. The van der Waals surface area contributed by atoms with Crippen molar-refractivity contribution >= 4 is 11.7 Å². The predicted octanol–water partition coefficient (Wildman–Crippen LogP) is 1.97. The van der Waals surface area contributed by atoms with Crippen LogP contribution in [0.3, 0.4) is 0 Å². The van der Waals surface area contributed by atoms with E-state index in [0.717, 1.165) is 29.5 Å². The van der Waals surface area contributed by atoms with Crippen molar-refractivity contribution in [2.75, 3.05) is 13.1 Å². The molecule has 0 aliphatic carbocycles. The van der Waals surface area contributed by atoms with E-state index in [1.54, 1.807) is 4.90 Å². The summed E-state index contributed by atoms with van der Waals surface area (Å²) in [6.45, 7) is 4.40. The Kier molecular flexibility index (Phi) is 3.27. The van der Waals surface area contributed by atoms with E-state index in [0.29, 0.717) is 6.54 Å². The summed E-state index contributed by atoms with van der Waals surface area (Å²) in [6.07, 6.45) is 1.84. The number of amides is 1. The summed E-state index contributed by atoms with van der Waals surface area (Å²) >= 11 is 0. The number of ketones is 1. The summed E-state index contributed by atoms with van der Waals surface area (Å²) in [4.78, 5) is 25.1. The molecule has 1 aromatic rings. The van der Waals surface area contributed by atoms with Gasteiger partial charge >= 0.3 is 0 Å². The molecule has 3 nitrogen and oxygen atoms in total. The summed E-state index contributed by atoms with van der Waals surface area (Å²) in [6, 6.07) is 5.99. The molecule has 2 rings (SSSR count). The lowest BCUT2D eigenvalue weighted by Crippen LogP contribution is -2.34. The summed E-state index contributed by atoms with van der Waals surface area (Å²) in [5.74, 6) is 0.0332.